The summed E-state index contributed by atoms with van der Waals surface area (Å²) >= 11 is 6.04. The summed E-state index contributed by atoms with van der Waals surface area (Å²) in [6.07, 6.45) is 2.51. The molecule has 0 aliphatic rings. The molecule has 0 unspecified atom stereocenters. The van der Waals surface area contributed by atoms with Gasteiger partial charge in [0.2, 0.25) is 10.0 Å². The first-order valence-corrected chi connectivity index (χ1v) is 8.47. The highest BCUT2D eigenvalue weighted by molar-refractivity contribution is 7.89. The molecule has 0 radical (unpaired) electrons. The van der Waals surface area contributed by atoms with Crippen LogP contribution in [0.15, 0.2) is 58.6 Å². The van der Waals surface area contributed by atoms with E-state index in [4.69, 9.17) is 22.5 Å². The molecule has 0 saturated heterocycles. The van der Waals surface area contributed by atoms with E-state index in [-0.39, 0.29) is 11.3 Å². The van der Waals surface area contributed by atoms with Gasteiger partial charge in [-0.3, -0.25) is 0 Å². The van der Waals surface area contributed by atoms with Crippen molar-refractivity contribution in [3.63, 3.8) is 0 Å². The van der Waals surface area contributed by atoms with E-state index in [1.54, 1.807) is 24.3 Å². The minimum Gasteiger partial charge on any atom is -0.507 e. The van der Waals surface area contributed by atoms with Gasteiger partial charge in [-0.15, -0.1) is 0 Å². The third-order valence-corrected chi connectivity index (χ3v) is 4.27. The molecule has 0 atom stereocenters. The van der Waals surface area contributed by atoms with E-state index in [0.29, 0.717) is 10.7 Å². The van der Waals surface area contributed by atoms with Gasteiger partial charge in [0.05, 0.1) is 16.4 Å². The summed E-state index contributed by atoms with van der Waals surface area (Å²) in [6, 6.07) is 8.55. The van der Waals surface area contributed by atoms with E-state index >= 15 is 0 Å². The molecular formula is C15H14ClN3O4S. The lowest BCUT2D eigenvalue weighted by Gasteiger charge is -2.10. The Morgan fingerprint density at radius 3 is 2.42 bits per heavy atom. The standard InChI is InChI=1S/C15H14ClN3O4S/c16-10-3-1-2-4-12(10)19-11(5-6-17)9-7-15(24(18,22)23)14(21)8-13(9)20/h1-8,20-21H,17H2,(H2,18,22,23). The van der Waals surface area contributed by atoms with Gasteiger partial charge < -0.3 is 15.9 Å². The quantitative estimate of drug-likeness (QED) is 0.612. The summed E-state index contributed by atoms with van der Waals surface area (Å²) in [6.45, 7) is 0. The number of halogens is 1. The Labute approximate surface area is 143 Å². The fraction of sp³-hybridized carbons (Fsp3) is 0. The second-order valence-electron chi connectivity index (χ2n) is 4.69. The number of rotatable bonds is 4. The molecule has 24 heavy (non-hydrogen) atoms. The second-order valence-corrected chi connectivity index (χ2v) is 6.63. The first-order chi connectivity index (χ1) is 11.2. The SMILES string of the molecule is NC=CC(=Nc1ccccc1Cl)c1cc(S(N)(=O)=O)c(O)cc1O. The van der Waals surface area contributed by atoms with E-state index < -0.39 is 26.4 Å². The van der Waals surface area contributed by atoms with E-state index in [9.17, 15) is 18.6 Å². The molecule has 2 aromatic carbocycles. The van der Waals surface area contributed by atoms with Crippen LogP contribution in [0.3, 0.4) is 0 Å². The Hall–Kier alpha value is -2.55. The molecule has 0 aliphatic heterocycles. The van der Waals surface area contributed by atoms with Gasteiger partial charge >= 0.3 is 0 Å². The van der Waals surface area contributed by atoms with Crippen LogP contribution in [0, 0.1) is 0 Å². The van der Waals surface area contributed by atoms with Gasteiger partial charge in [-0.25, -0.2) is 18.5 Å². The summed E-state index contributed by atoms with van der Waals surface area (Å²) in [5, 5.41) is 25.1. The average Bonchev–Trinajstić information content (AvgIpc) is 2.48. The first kappa shape index (κ1) is 17.8. The van der Waals surface area contributed by atoms with Crippen LogP contribution >= 0.6 is 11.6 Å². The number of phenolic OH excluding ortho intramolecular Hbond substituents is 2. The summed E-state index contributed by atoms with van der Waals surface area (Å²) in [7, 11) is -4.20. The van der Waals surface area contributed by atoms with Gasteiger partial charge in [-0.05, 0) is 30.5 Å². The van der Waals surface area contributed by atoms with Crippen LogP contribution < -0.4 is 10.9 Å². The van der Waals surface area contributed by atoms with Crippen molar-refractivity contribution in [1.82, 2.24) is 0 Å². The molecule has 0 amide bonds. The zero-order chi connectivity index (χ0) is 17.9. The molecule has 0 saturated carbocycles. The molecule has 9 heteroatoms. The number of nitrogens with zero attached hydrogens (tertiary/aromatic N) is 1. The minimum atomic E-state index is -4.20. The number of benzene rings is 2. The van der Waals surface area contributed by atoms with E-state index in [1.165, 1.54) is 12.3 Å². The number of hydrogen-bond donors (Lipinski definition) is 4. The highest BCUT2D eigenvalue weighted by atomic mass is 35.5. The Morgan fingerprint density at radius 1 is 1.17 bits per heavy atom. The maximum Gasteiger partial charge on any atom is 0.241 e. The normalized spacial score (nSPS) is 12.7. The predicted octanol–water partition coefficient (Wildman–Crippen LogP) is 1.99. The Balaban J connectivity index is 2.72. The van der Waals surface area contributed by atoms with E-state index in [0.717, 1.165) is 12.1 Å². The molecule has 0 heterocycles. The average molecular weight is 368 g/mol. The van der Waals surface area contributed by atoms with E-state index in [2.05, 4.69) is 4.99 Å². The summed E-state index contributed by atoms with van der Waals surface area (Å²) < 4.78 is 23.1. The number of para-hydroxylation sites is 1. The number of primary sulfonamides is 1. The van der Waals surface area contributed by atoms with Gasteiger partial charge in [0.15, 0.2) is 0 Å². The van der Waals surface area contributed by atoms with Crippen molar-refractivity contribution in [1.29, 1.82) is 0 Å². The van der Waals surface area contributed by atoms with Gasteiger partial charge in [0.1, 0.15) is 16.4 Å². The minimum absolute atomic E-state index is 0.0124. The highest BCUT2D eigenvalue weighted by Gasteiger charge is 2.19. The van der Waals surface area contributed by atoms with Crippen LogP contribution in [0.4, 0.5) is 5.69 Å². The van der Waals surface area contributed by atoms with Crippen LogP contribution in [0.2, 0.25) is 5.02 Å². The molecule has 0 aliphatic carbocycles. The summed E-state index contributed by atoms with van der Waals surface area (Å²) in [4.78, 5) is 3.72. The van der Waals surface area contributed by atoms with Gasteiger partial charge in [-0.1, -0.05) is 23.7 Å². The van der Waals surface area contributed by atoms with Crippen molar-refractivity contribution in [2.75, 3.05) is 0 Å². The number of allylic oxidation sites excluding steroid dienone is 1. The molecule has 2 rings (SSSR count). The van der Waals surface area contributed by atoms with Crippen molar-refractivity contribution < 1.29 is 18.6 Å². The monoisotopic (exact) mass is 367 g/mol. The van der Waals surface area contributed by atoms with Crippen LogP contribution in [-0.2, 0) is 10.0 Å². The number of aromatic hydroxyl groups is 2. The van der Waals surface area contributed by atoms with Crippen LogP contribution in [0.1, 0.15) is 5.56 Å². The highest BCUT2D eigenvalue weighted by Crippen LogP contribution is 2.32. The Kier molecular flexibility index (Phi) is 5.13. The van der Waals surface area contributed by atoms with Gasteiger partial charge in [0.25, 0.3) is 0 Å². The first-order valence-electron chi connectivity index (χ1n) is 6.54. The zero-order valence-corrected chi connectivity index (χ0v) is 13.8. The third-order valence-electron chi connectivity index (χ3n) is 3.01. The number of phenols is 2. The fourth-order valence-electron chi connectivity index (χ4n) is 1.94. The van der Waals surface area contributed by atoms with Gasteiger partial charge in [0, 0.05) is 11.6 Å². The summed E-state index contributed by atoms with van der Waals surface area (Å²) in [5.41, 5.74) is 5.92. The molecule has 2 aromatic rings. The molecule has 0 fully saturated rings. The fourth-order valence-corrected chi connectivity index (χ4v) is 2.75. The second kappa shape index (κ2) is 6.91. The smallest absolute Gasteiger partial charge is 0.241 e. The molecule has 0 spiro atoms. The lowest BCUT2D eigenvalue weighted by atomic mass is 10.1. The third kappa shape index (κ3) is 3.85. The molecule has 0 bridgehead atoms. The lowest BCUT2D eigenvalue weighted by molar-refractivity contribution is 0.439. The summed E-state index contributed by atoms with van der Waals surface area (Å²) in [5.74, 6) is -1.07. The van der Waals surface area contributed by atoms with Crippen molar-refractivity contribution in [3.8, 4) is 11.5 Å². The van der Waals surface area contributed by atoms with Gasteiger partial charge in [-0.2, -0.15) is 0 Å². The van der Waals surface area contributed by atoms with Crippen molar-refractivity contribution >= 4 is 33.0 Å². The maximum absolute atomic E-state index is 11.5. The molecule has 7 nitrogen and oxygen atoms in total. The van der Waals surface area contributed by atoms with E-state index in [1.807, 2.05) is 0 Å². The predicted molar refractivity (Wildman–Crippen MR) is 92.1 cm³/mol. The number of nitrogens with two attached hydrogens (primary N) is 2. The van der Waals surface area contributed by atoms with Crippen LogP contribution in [0.5, 0.6) is 11.5 Å². The molecular weight excluding hydrogens is 354 g/mol. The van der Waals surface area contributed by atoms with Crippen molar-refractivity contribution in [2.45, 2.75) is 4.90 Å². The number of aliphatic imine (C=N–C) groups is 1. The topological polar surface area (TPSA) is 139 Å². The Bertz CT molecular complexity index is 940. The zero-order valence-electron chi connectivity index (χ0n) is 12.2. The van der Waals surface area contributed by atoms with Crippen LogP contribution in [0.25, 0.3) is 0 Å². The molecule has 6 N–H and O–H groups in total. The van der Waals surface area contributed by atoms with Crippen molar-refractivity contribution in [3.05, 3.63) is 59.3 Å². The maximum atomic E-state index is 11.5. The molecule has 126 valence electrons. The number of sulfonamides is 1. The molecule has 0 aromatic heterocycles. The Morgan fingerprint density at radius 2 is 1.83 bits per heavy atom. The number of hydrogen-bond acceptors (Lipinski definition) is 6. The van der Waals surface area contributed by atoms with Crippen LogP contribution in [-0.4, -0.2) is 24.3 Å². The van der Waals surface area contributed by atoms with Crippen molar-refractivity contribution in [2.24, 2.45) is 15.9 Å². The lowest BCUT2D eigenvalue weighted by Crippen LogP contribution is -2.13. The largest absolute Gasteiger partial charge is 0.507 e.